The van der Waals surface area contributed by atoms with E-state index in [1.54, 1.807) is 6.07 Å². The van der Waals surface area contributed by atoms with Crippen LogP contribution in [0.25, 0.3) is 5.65 Å². The molecule has 0 spiro atoms. The molecule has 2 heterocycles. The van der Waals surface area contributed by atoms with E-state index >= 15 is 0 Å². The van der Waals surface area contributed by atoms with Gasteiger partial charge in [0.1, 0.15) is 5.84 Å². The number of hydrogen-bond donors (Lipinski definition) is 2. The van der Waals surface area contributed by atoms with Crippen LogP contribution in [0.15, 0.2) is 17.3 Å². The van der Waals surface area contributed by atoms with Crippen molar-refractivity contribution in [2.24, 2.45) is 16.8 Å². The topological polar surface area (TPSA) is 118 Å². The summed E-state index contributed by atoms with van der Waals surface area (Å²) in [5, 5.41) is 27.1. The van der Waals surface area contributed by atoms with Crippen LogP contribution in [0.1, 0.15) is 20.3 Å². The molecule has 0 aliphatic carbocycles. The minimum Gasteiger partial charge on any atom is -0.409 e. The van der Waals surface area contributed by atoms with E-state index < -0.39 is 0 Å². The Hall–Kier alpha value is -2.45. The molecule has 0 radical (unpaired) electrons. The van der Waals surface area contributed by atoms with Gasteiger partial charge in [-0.1, -0.05) is 19.0 Å². The quantitative estimate of drug-likeness (QED) is 0.333. The Labute approximate surface area is 116 Å². The number of aromatic nitrogens is 5. The fourth-order valence-electron chi connectivity index (χ4n) is 1.85. The van der Waals surface area contributed by atoms with Crippen LogP contribution in [0.5, 0.6) is 0 Å². The molecule has 0 aliphatic heterocycles. The van der Waals surface area contributed by atoms with Crippen molar-refractivity contribution in [1.82, 2.24) is 25.3 Å². The molecule has 2 aromatic heterocycles. The summed E-state index contributed by atoms with van der Waals surface area (Å²) in [4.78, 5) is 2.06. The van der Waals surface area contributed by atoms with Crippen LogP contribution in [-0.4, -0.2) is 49.4 Å². The highest BCUT2D eigenvalue weighted by molar-refractivity contribution is 5.80. The predicted molar refractivity (Wildman–Crippen MR) is 73.7 cm³/mol. The van der Waals surface area contributed by atoms with E-state index in [9.17, 15) is 0 Å². The van der Waals surface area contributed by atoms with Crippen LogP contribution in [0.3, 0.4) is 0 Å². The molecular formula is C11H18N8O. The van der Waals surface area contributed by atoms with Crippen molar-refractivity contribution in [3.63, 3.8) is 0 Å². The molecule has 0 saturated carbocycles. The van der Waals surface area contributed by atoms with Crippen molar-refractivity contribution >= 4 is 17.3 Å². The molecule has 0 aromatic carbocycles. The third-order valence-electron chi connectivity index (χ3n) is 2.73. The second kappa shape index (κ2) is 6.13. The lowest BCUT2D eigenvalue weighted by Crippen LogP contribution is -2.32. The molecule has 0 aliphatic rings. The van der Waals surface area contributed by atoms with Gasteiger partial charge in [0.05, 0.1) is 0 Å². The van der Waals surface area contributed by atoms with Crippen molar-refractivity contribution < 1.29 is 5.21 Å². The van der Waals surface area contributed by atoms with E-state index in [0.717, 1.165) is 12.4 Å². The number of anilines is 1. The zero-order valence-corrected chi connectivity index (χ0v) is 11.5. The van der Waals surface area contributed by atoms with Crippen molar-refractivity contribution in [2.45, 2.75) is 20.3 Å². The van der Waals surface area contributed by atoms with Gasteiger partial charge in [0.25, 0.3) is 0 Å². The Bertz CT molecular complexity index is 593. The molecule has 2 rings (SSSR count). The van der Waals surface area contributed by atoms with Gasteiger partial charge in [-0.2, -0.15) is 0 Å². The maximum absolute atomic E-state index is 8.61. The number of tetrazole rings is 1. The molecule has 0 bridgehead atoms. The summed E-state index contributed by atoms with van der Waals surface area (Å²) >= 11 is 0. The molecule has 0 atom stereocenters. The zero-order valence-electron chi connectivity index (χ0n) is 11.5. The van der Waals surface area contributed by atoms with Crippen molar-refractivity contribution in [3.8, 4) is 0 Å². The van der Waals surface area contributed by atoms with Gasteiger partial charge in [-0.05, 0) is 28.5 Å². The Balaban J connectivity index is 2.19. The van der Waals surface area contributed by atoms with E-state index in [1.165, 1.54) is 4.63 Å². The third kappa shape index (κ3) is 3.31. The number of nitrogens with two attached hydrogens (primary N) is 1. The summed E-state index contributed by atoms with van der Waals surface area (Å²) < 4.78 is 1.38. The lowest BCUT2D eigenvalue weighted by molar-refractivity contribution is 0.317. The van der Waals surface area contributed by atoms with Crippen molar-refractivity contribution in [3.05, 3.63) is 12.1 Å². The maximum atomic E-state index is 8.61. The van der Waals surface area contributed by atoms with Gasteiger partial charge in [-0.25, -0.2) is 0 Å². The van der Waals surface area contributed by atoms with Gasteiger partial charge in [0.15, 0.2) is 11.5 Å². The summed E-state index contributed by atoms with van der Waals surface area (Å²) in [5.41, 5.74) is 6.11. The smallest absolute Gasteiger partial charge is 0.200 e. The molecule has 9 heteroatoms. The predicted octanol–water partition coefficient (Wildman–Crippen LogP) is 0.118. The molecule has 2 aromatic rings. The minimum absolute atomic E-state index is 0.197. The first-order valence-electron chi connectivity index (χ1n) is 6.37. The van der Waals surface area contributed by atoms with Crippen LogP contribution < -0.4 is 10.6 Å². The second-order valence-electron chi connectivity index (χ2n) is 4.90. The van der Waals surface area contributed by atoms with Gasteiger partial charge in [0, 0.05) is 19.5 Å². The highest BCUT2D eigenvalue weighted by Crippen LogP contribution is 2.13. The number of fused-ring (bicyclic) bond motifs is 1. The first-order chi connectivity index (χ1) is 9.60. The van der Waals surface area contributed by atoms with E-state index in [-0.39, 0.29) is 5.84 Å². The fraction of sp³-hybridized carbons (Fsp3) is 0.545. The Kier molecular flexibility index (Phi) is 4.28. The first kappa shape index (κ1) is 14.0. The Morgan fingerprint density at radius 1 is 1.50 bits per heavy atom. The largest absolute Gasteiger partial charge is 0.409 e. The summed E-state index contributed by atoms with van der Waals surface area (Å²) in [6.45, 7) is 5.64. The molecule has 0 saturated heterocycles. The second-order valence-corrected chi connectivity index (χ2v) is 4.90. The van der Waals surface area contributed by atoms with Gasteiger partial charge in [0.2, 0.25) is 0 Å². The average Bonchev–Trinajstić information content (AvgIpc) is 2.89. The number of amidine groups is 1. The monoisotopic (exact) mass is 278 g/mol. The molecule has 9 nitrogen and oxygen atoms in total. The average molecular weight is 278 g/mol. The normalized spacial score (nSPS) is 12.2. The van der Waals surface area contributed by atoms with Crippen molar-refractivity contribution in [1.29, 1.82) is 0 Å². The highest BCUT2D eigenvalue weighted by Gasteiger charge is 2.12. The number of oxime groups is 1. The Morgan fingerprint density at radius 3 is 3.00 bits per heavy atom. The summed E-state index contributed by atoms with van der Waals surface area (Å²) in [5.74, 6) is 1.40. The summed E-state index contributed by atoms with van der Waals surface area (Å²) in [6, 6.07) is 3.67. The maximum Gasteiger partial charge on any atom is 0.200 e. The molecule has 20 heavy (non-hydrogen) atoms. The number of rotatable bonds is 6. The van der Waals surface area contributed by atoms with Crippen molar-refractivity contribution in [2.75, 3.05) is 18.0 Å². The third-order valence-corrected chi connectivity index (χ3v) is 2.73. The SMILES string of the molecule is CC(C)CN(CC/C(N)=N/O)c1ccc2nnnn2n1. The van der Waals surface area contributed by atoms with Gasteiger partial charge in [-0.3, -0.25) is 0 Å². The van der Waals surface area contributed by atoms with Gasteiger partial charge < -0.3 is 15.8 Å². The van der Waals surface area contributed by atoms with E-state index in [4.69, 9.17) is 10.9 Å². The molecule has 3 N–H and O–H groups in total. The number of hydrogen-bond acceptors (Lipinski definition) is 7. The van der Waals surface area contributed by atoms with Crippen LogP contribution >= 0.6 is 0 Å². The Morgan fingerprint density at radius 2 is 2.30 bits per heavy atom. The molecule has 0 amide bonds. The minimum atomic E-state index is 0.197. The van der Waals surface area contributed by atoms with E-state index in [2.05, 4.69) is 44.5 Å². The summed E-state index contributed by atoms with van der Waals surface area (Å²) in [7, 11) is 0. The number of nitrogens with zero attached hydrogens (tertiary/aromatic N) is 7. The summed E-state index contributed by atoms with van der Waals surface area (Å²) in [6.07, 6.45) is 0.457. The van der Waals surface area contributed by atoms with Gasteiger partial charge in [-0.15, -0.1) is 14.8 Å². The standard InChI is InChI=1S/C11H18N8O/c1-8(2)7-18(6-5-9(12)15-20)11-4-3-10-13-16-17-19(10)14-11/h3-4,8,20H,5-7H2,1-2H3,(H2,12,15). The fourth-order valence-corrected chi connectivity index (χ4v) is 1.85. The molecule has 0 fully saturated rings. The lowest BCUT2D eigenvalue weighted by Gasteiger charge is -2.25. The zero-order chi connectivity index (χ0) is 14.5. The van der Waals surface area contributed by atoms with Crippen LogP contribution in [0.4, 0.5) is 5.82 Å². The molecule has 0 unspecified atom stereocenters. The van der Waals surface area contributed by atoms with E-state index in [0.29, 0.717) is 24.5 Å². The van der Waals surface area contributed by atoms with Crippen LogP contribution in [0.2, 0.25) is 0 Å². The highest BCUT2D eigenvalue weighted by atomic mass is 16.4. The van der Waals surface area contributed by atoms with Crippen LogP contribution in [-0.2, 0) is 0 Å². The first-order valence-corrected chi connectivity index (χ1v) is 6.37. The van der Waals surface area contributed by atoms with E-state index in [1.807, 2.05) is 6.07 Å². The van der Waals surface area contributed by atoms with Gasteiger partial charge >= 0.3 is 0 Å². The molecule has 108 valence electrons. The molecular weight excluding hydrogens is 260 g/mol. The lowest BCUT2D eigenvalue weighted by atomic mass is 10.2. The van der Waals surface area contributed by atoms with Crippen LogP contribution in [0, 0.1) is 5.92 Å².